The summed E-state index contributed by atoms with van der Waals surface area (Å²) in [5.74, 6) is 1.37. The maximum Gasteiger partial charge on any atom is 0.0774 e. The zero-order valence-corrected chi connectivity index (χ0v) is 8.04. The van der Waals surface area contributed by atoms with Crippen LogP contribution in [0.1, 0.15) is 25.1 Å². The second-order valence-corrected chi connectivity index (χ2v) is 3.37. The van der Waals surface area contributed by atoms with E-state index in [0.29, 0.717) is 6.42 Å². The number of hydrogen-bond acceptors (Lipinski definition) is 2. The standard InChI is InChI=1S/C11H13N2/c1-9(2)7-10-4-6-13-11(8-10)3-5-12/h4,6,8H,3,7H2,1-2H3/q-1. The van der Waals surface area contributed by atoms with Gasteiger partial charge in [-0.25, -0.2) is 0 Å². The third-order valence-electron chi connectivity index (χ3n) is 1.70. The first-order valence-corrected chi connectivity index (χ1v) is 4.32. The summed E-state index contributed by atoms with van der Waals surface area (Å²) in [5.41, 5.74) is 2.10. The first-order valence-electron chi connectivity index (χ1n) is 4.32. The van der Waals surface area contributed by atoms with Crippen LogP contribution < -0.4 is 0 Å². The molecule has 0 saturated heterocycles. The van der Waals surface area contributed by atoms with Gasteiger partial charge in [0, 0.05) is 6.20 Å². The number of nitrogens with zero attached hydrogens (tertiary/aromatic N) is 2. The third-order valence-corrected chi connectivity index (χ3v) is 1.70. The molecule has 0 aliphatic rings. The van der Waals surface area contributed by atoms with Gasteiger partial charge in [0.15, 0.2) is 0 Å². The van der Waals surface area contributed by atoms with Gasteiger partial charge in [-0.1, -0.05) is 5.56 Å². The van der Waals surface area contributed by atoms with Gasteiger partial charge in [0.2, 0.25) is 0 Å². The quantitative estimate of drug-likeness (QED) is 0.657. The van der Waals surface area contributed by atoms with Crippen LogP contribution in [0, 0.1) is 17.2 Å². The van der Waals surface area contributed by atoms with Gasteiger partial charge >= 0.3 is 0 Å². The molecule has 0 aromatic carbocycles. The lowest BCUT2D eigenvalue weighted by Crippen LogP contribution is -1.95. The van der Waals surface area contributed by atoms with Crippen molar-refractivity contribution in [1.29, 1.82) is 5.26 Å². The van der Waals surface area contributed by atoms with E-state index in [4.69, 9.17) is 5.26 Å². The molecule has 1 aromatic heterocycles. The van der Waals surface area contributed by atoms with Gasteiger partial charge in [0.25, 0.3) is 0 Å². The molecular weight excluding hydrogens is 160 g/mol. The fourth-order valence-electron chi connectivity index (χ4n) is 1.22. The maximum absolute atomic E-state index is 8.50. The fourth-order valence-corrected chi connectivity index (χ4v) is 1.22. The molecule has 68 valence electrons. The Balaban J connectivity index is 2.74. The number of pyridine rings is 1. The van der Waals surface area contributed by atoms with Gasteiger partial charge in [-0.05, 0) is 12.1 Å². The molecule has 0 fully saturated rings. The minimum Gasteiger partial charge on any atom is -0.315 e. The highest BCUT2D eigenvalue weighted by atomic mass is 14.7. The van der Waals surface area contributed by atoms with Crippen LogP contribution in [-0.4, -0.2) is 4.98 Å². The lowest BCUT2D eigenvalue weighted by molar-refractivity contribution is 0.944. The highest BCUT2D eigenvalue weighted by Crippen LogP contribution is 2.09. The van der Waals surface area contributed by atoms with Crippen LogP contribution >= 0.6 is 0 Å². The molecule has 1 rings (SSSR count). The van der Waals surface area contributed by atoms with Gasteiger partial charge in [0.05, 0.1) is 18.2 Å². The lowest BCUT2D eigenvalue weighted by atomic mass is 10.0. The first kappa shape index (κ1) is 9.73. The molecule has 0 aliphatic carbocycles. The molecule has 0 atom stereocenters. The molecule has 0 bridgehead atoms. The molecule has 0 aliphatic heterocycles. The van der Waals surface area contributed by atoms with Crippen molar-refractivity contribution in [2.24, 2.45) is 0 Å². The van der Waals surface area contributed by atoms with Crippen LogP contribution in [0.4, 0.5) is 0 Å². The predicted molar refractivity (Wildman–Crippen MR) is 51.8 cm³/mol. The average molecular weight is 173 g/mol. The van der Waals surface area contributed by atoms with E-state index < -0.39 is 0 Å². The van der Waals surface area contributed by atoms with Crippen molar-refractivity contribution >= 4 is 0 Å². The van der Waals surface area contributed by atoms with E-state index in [9.17, 15) is 0 Å². The van der Waals surface area contributed by atoms with Gasteiger partial charge < -0.3 is 5.92 Å². The Bertz CT molecular complexity index is 310. The monoisotopic (exact) mass is 173 g/mol. The summed E-state index contributed by atoms with van der Waals surface area (Å²) < 4.78 is 0. The maximum atomic E-state index is 8.50. The van der Waals surface area contributed by atoms with Crippen molar-refractivity contribution in [3.05, 3.63) is 35.5 Å². The Hall–Kier alpha value is -1.36. The Labute approximate surface area is 79.2 Å². The van der Waals surface area contributed by atoms with E-state index in [-0.39, 0.29) is 0 Å². The topological polar surface area (TPSA) is 36.7 Å². The molecule has 2 heteroatoms. The molecule has 0 saturated carbocycles. The van der Waals surface area contributed by atoms with Crippen molar-refractivity contribution in [2.45, 2.75) is 26.7 Å². The number of hydrogen-bond donors (Lipinski definition) is 0. The molecule has 1 aromatic rings. The summed E-state index contributed by atoms with van der Waals surface area (Å²) in [5, 5.41) is 8.50. The van der Waals surface area contributed by atoms with Crippen molar-refractivity contribution in [2.75, 3.05) is 0 Å². The van der Waals surface area contributed by atoms with Gasteiger partial charge in [0.1, 0.15) is 0 Å². The fraction of sp³-hybridized carbons (Fsp3) is 0.364. The SMILES string of the molecule is C[C-](C)Cc1ccnc(CC#N)c1. The summed E-state index contributed by atoms with van der Waals surface area (Å²) in [7, 11) is 0. The third kappa shape index (κ3) is 3.25. The number of nitriles is 1. The van der Waals surface area contributed by atoms with E-state index in [1.54, 1.807) is 6.20 Å². The zero-order valence-electron chi connectivity index (χ0n) is 8.04. The van der Waals surface area contributed by atoms with Crippen molar-refractivity contribution < 1.29 is 0 Å². The lowest BCUT2D eigenvalue weighted by Gasteiger charge is -2.16. The molecule has 0 N–H and O–H groups in total. The summed E-state index contributed by atoms with van der Waals surface area (Å²) >= 11 is 0. The number of aromatic nitrogens is 1. The van der Waals surface area contributed by atoms with E-state index in [1.807, 2.05) is 12.1 Å². The minimum absolute atomic E-state index is 0.399. The van der Waals surface area contributed by atoms with E-state index in [1.165, 1.54) is 11.5 Å². The molecule has 0 spiro atoms. The Kier molecular flexibility index (Phi) is 3.45. The van der Waals surface area contributed by atoms with Crippen LogP contribution in [0.25, 0.3) is 0 Å². The van der Waals surface area contributed by atoms with E-state index in [2.05, 4.69) is 24.9 Å². The zero-order chi connectivity index (χ0) is 9.68. The van der Waals surface area contributed by atoms with Crippen molar-refractivity contribution in [1.82, 2.24) is 4.98 Å². The Morgan fingerprint density at radius 1 is 1.54 bits per heavy atom. The second-order valence-electron chi connectivity index (χ2n) is 3.37. The van der Waals surface area contributed by atoms with Crippen LogP contribution in [-0.2, 0) is 12.8 Å². The van der Waals surface area contributed by atoms with Crippen molar-refractivity contribution in [3.63, 3.8) is 0 Å². The molecule has 0 unspecified atom stereocenters. The summed E-state index contributed by atoms with van der Waals surface area (Å²) in [6.45, 7) is 4.20. The average Bonchev–Trinajstić information content (AvgIpc) is 2.04. The molecule has 1 heterocycles. The summed E-state index contributed by atoms with van der Waals surface area (Å²) in [4.78, 5) is 4.10. The van der Waals surface area contributed by atoms with Crippen LogP contribution in [0.3, 0.4) is 0 Å². The molecule has 0 amide bonds. The van der Waals surface area contributed by atoms with Gasteiger partial charge in [-0.15, -0.1) is 0 Å². The predicted octanol–water partition coefficient (Wildman–Crippen LogP) is 2.30. The Morgan fingerprint density at radius 2 is 2.31 bits per heavy atom. The molecule has 13 heavy (non-hydrogen) atoms. The second kappa shape index (κ2) is 4.61. The normalized spacial score (nSPS) is 10.0. The summed E-state index contributed by atoms with van der Waals surface area (Å²) in [6, 6.07) is 6.09. The molecule has 0 radical (unpaired) electrons. The van der Waals surface area contributed by atoms with Gasteiger partial charge in [-0.2, -0.15) is 25.5 Å². The summed E-state index contributed by atoms with van der Waals surface area (Å²) in [6.07, 6.45) is 3.14. The van der Waals surface area contributed by atoms with E-state index in [0.717, 1.165) is 12.1 Å². The van der Waals surface area contributed by atoms with Crippen LogP contribution in [0.2, 0.25) is 0 Å². The first-order chi connectivity index (χ1) is 6.22. The largest absolute Gasteiger partial charge is 0.315 e. The van der Waals surface area contributed by atoms with Crippen molar-refractivity contribution in [3.8, 4) is 6.07 Å². The highest BCUT2D eigenvalue weighted by Gasteiger charge is 1.94. The minimum atomic E-state index is 0.399. The van der Waals surface area contributed by atoms with E-state index >= 15 is 0 Å². The smallest absolute Gasteiger partial charge is 0.0774 e. The van der Waals surface area contributed by atoms with Crippen LogP contribution in [0.15, 0.2) is 18.3 Å². The van der Waals surface area contributed by atoms with Crippen LogP contribution in [0.5, 0.6) is 0 Å². The van der Waals surface area contributed by atoms with Gasteiger partial charge in [-0.3, -0.25) is 4.98 Å². The highest BCUT2D eigenvalue weighted by molar-refractivity contribution is 5.20. The Morgan fingerprint density at radius 3 is 2.92 bits per heavy atom. The molecule has 2 nitrogen and oxygen atoms in total. The number of rotatable bonds is 3. The molecular formula is C11H13N2-.